The number of likely N-dealkylation sites (tertiary alicyclic amines) is 1. The molecule has 1 fully saturated rings. The molecule has 1 atom stereocenters. The fourth-order valence-corrected chi connectivity index (χ4v) is 1.48. The molecule has 0 aromatic heterocycles. The second-order valence-corrected chi connectivity index (χ2v) is 2.62. The molecule has 11 heavy (non-hydrogen) atoms. The summed E-state index contributed by atoms with van der Waals surface area (Å²) in [5, 5.41) is 8.67. The molecule has 0 aromatic rings. The Morgan fingerprint density at radius 2 is 2.36 bits per heavy atom. The first-order valence-corrected chi connectivity index (χ1v) is 3.72. The number of carboxylic acid groups (broad SMARTS) is 1. The number of hydrogen-bond acceptors (Lipinski definition) is 2. The summed E-state index contributed by atoms with van der Waals surface area (Å²) in [6.45, 7) is 3.81. The van der Waals surface area contributed by atoms with E-state index in [0.29, 0.717) is 0 Å². The van der Waals surface area contributed by atoms with Crippen molar-refractivity contribution in [2.24, 2.45) is 0 Å². The zero-order valence-electron chi connectivity index (χ0n) is 6.62. The molecule has 1 rings (SSSR count). The van der Waals surface area contributed by atoms with Gasteiger partial charge < -0.3 is 5.11 Å². The summed E-state index contributed by atoms with van der Waals surface area (Å²) in [6.07, 6.45) is 1.86. The first-order valence-electron chi connectivity index (χ1n) is 3.72. The van der Waals surface area contributed by atoms with Gasteiger partial charge in [-0.2, -0.15) is 0 Å². The molecule has 0 amide bonds. The Morgan fingerprint density at radius 3 is 2.73 bits per heavy atom. The first-order chi connectivity index (χ1) is 4.75. The van der Waals surface area contributed by atoms with E-state index in [-0.39, 0.29) is 18.4 Å². The van der Waals surface area contributed by atoms with Crippen LogP contribution in [0.2, 0.25) is 0 Å². The predicted molar refractivity (Wildman–Crippen MR) is 45.2 cm³/mol. The van der Waals surface area contributed by atoms with Gasteiger partial charge in [0, 0.05) is 0 Å². The second kappa shape index (κ2) is 4.57. The average Bonchev–Trinajstić information content (AvgIpc) is 2.33. The fourth-order valence-electron chi connectivity index (χ4n) is 1.48. The molecule has 0 aliphatic carbocycles. The zero-order valence-corrected chi connectivity index (χ0v) is 7.43. The van der Waals surface area contributed by atoms with E-state index in [2.05, 4.69) is 0 Å². The van der Waals surface area contributed by atoms with Crippen LogP contribution in [0.15, 0.2) is 0 Å². The van der Waals surface area contributed by atoms with Gasteiger partial charge in [-0.05, 0) is 25.9 Å². The van der Waals surface area contributed by atoms with E-state index in [9.17, 15) is 4.79 Å². The molecular weight excluding hydrogens is 166 g/mol. The minimum Gasteiger partial charge on any atom is -0.480 e. The lowest BCUT2D eigenvalue weighted by Gasteiger charge is -2.17. The highest BCUT2D eigenvalue weighted by molar-refractivity contribution is 5.85. The van der Waals surface area contributed by atoms with Gasteiger partial charge in [-0.1, -0.05) is 6.92 Å². The molecule has 0 bridgehead atoms. The maximum atomic E-state index is 10.5. The van der Waals surface area contributed by atoms with Crippen LogP contribution in [-0.4, -0.2) is 35.1 Å². The van der Waals surface area contributed by atoms with Crippen molar-refractivity contribution in [1.82, 2.24) is 4.90 Å². The fraction of sp³-hybridized carbons (Fsp3) is 0.857. The van der Waals surface area contributed by atoms with Crippen LogP contribution in [0, 0.1) is 0 Å². The van der Waals surface area contributed by atoms with Crippen molar-refractivity contribution in [3.63, 3.8) is 0 Å². The number of nitrogens with zero attached hydrogens (tertiary/aromatic N) is 1. The number of rotatable bonds is 2. The van der Waals surface area contributed by atoms with Gasteiger partial charge in [0.15, 0.2) is 0 Å². The number of halogens is 1. The quantitative estimate of drug-likeness (QED) is 0.687. The number of carbonyl (C=O) groups is 1. The summed E-state index contributed by atoms with van der Waals surface area (Å²) in [4.78, 5) is 12.5. The van der Waals surface area contributed by atoms with E-state index in [1.54, 1.807) is 0 Å². The number of aliphatic carboxylic acids is 1. The summed E-state index contributed by atoms with van der Waals surface area (Å²) in [7, 11) is 0. The van der Waals surface area contributed by atoms with E-state index in [4.69, 9.17) is 5.11 Å². The molecule has 1 aliphatic heterocycles. The minimum absolute atomic E-state index is 0. The third-order valence-electron chi connectivity index (χ3n) is 2.05. The number of carboxylic acids is 1. The van der Waals surface area contributed by atoms with Crippen LogP contribution in [0.1, 0.15) is 19.8 Å². The molecule has 0 spiro atoms. The van der Waals surface area contributed by atoms with Gasteiger partial charge in [0.1, 0.15) is 6.04 Å². The summed E-state index contributed by atoms with van der Waals surface area (Å²) in [5.74, 6) is -0.667. The molecule has 1 unspecified atom stereocenters. The Hall–Kier alpha value is -0.280. The van der Waals surface area contributed by atoms with Gasteiger partial charge in [-0.3, -0.25) is 9.69 Å². The van der Waals surface area contributed by atoms with E-state index < -0.39 is 5.97 Å². The van der Waals surface area contributed by atoms with Gasteiger partial charge in [-0.25, -0.2) is 0 Å². The van der Waals surface area contributed by atoms with Crippen molar-refractivity contribution in [3.05, 3.63) is 0 Å². The number of likely N-dealkylation sites (N-methyl/N-ethyl adjacent to an activating group) is 1. The normalized spacial score (nSPS) is 24.6. The van der Waals surface area contributed by atoms with Crippen molar-refractivity contribution in [3.8, 4) is 0 Å². The molecule has 1 aliphatic rings. The first kappa shape index (κ1) is 10.7. The topological polar surface area (TPSA) is 40.5 Å². The van der Waals surface area contributed by atoms with Crippen LogP contribution < -0.4 is 0 Å². The smallest absolute Gasteiger partial charge is 0.320 e. The molecule has 3 nitrogen and oxygen atoms in total. The van der Waals surface area contributed by atoms with Crippen molar-refractivity contribution in [2.75, 3.05) is 13.1 Å². The van der Waals surface area contributed by atoms with Crippen LogP contribution >= 0.6 is 12.4 Å². The lowest BCUT2D eigenvalue weighted by atomic mass is 10.2. The minimum atomic E-state index is -0.667. The summed E-state index contributed by atoms with van der Waals surface area (Å²) >= 11 is 0. The Morgan fingerprint density at radius 1 is 1.73 bits per heavy atom. The Labute approximate surface area is 72.8 Å². The van der Waals surface area contributed by atoms with E-state index in [1.165, 1.54) is 0 Å². The lowest BCUT2D eigenvalue weighted by Crippen LogP contribution is -2.35. The van der Waals surface area contributed by atoms with Gasteiger partial charge in [0.25, 0.3) is 0 Å². The van der Waals surface area contributed by atoms with Crippen LogP contribution in [0.25, 0.3) is 0 Å². The maximum absolute atomic E-state index is 10.5. The van der Waals surface area contributed by atoms with E-state index >= 15 is 0 Å². The molecule has 1 heterocycles. The molecule has 1 N–H and O–H groups in total. The van der Waals surface area contributed by atoms with Crippen molar-refractivity contribution in [2.45, 2.75) is 25.8 Å². The Balaban J connectivity index is 0.000001000. The molecule has 0 radical (unpaired) electrons. The molecule has 4 heteroatoms. The molecular formula is C7H14ClNO2. The molecule has 0 saturated carbocycles. The van der Waals surface area contributed by atoms with Gasteiger partial charge in [0.2, 0.25) is 0 Å². The predicted octanol–water partition coefficient (Wildman–Crippen LogP) is 0.977. The Bertz CT molecular complexity index is 140. The number of hydrogen-bond donors (Lipinski definition) is 1. The standard InChI is InChI=1S/C7H13NO2.ClH/c1-2-8-5-3-4-6(8)7(9)10;/h6H,2-5H2,1H3,(H,9,10);1H. The van der Waals surface area contributed by atoms with Crippen molar-refractivity contribution in [1.29, 1.82) is 0 Å². The summed E-state index contributed by atoms with van der Waals surface area (Å²) in [6, 6.07) is -0.204. The highest BCUT2D eigenvalue weighted by Gasteiger charge is 2.28. The van der Waals surface area contributed by atoms with Crippen molar-refractivity contribution >= 4 is 18.4 Å². The van der Waals surface area contributed by atoms with Crippen molar-refractivity contribution < 1.29 is 9.90 Å². The highest BCUT2D eigenvalue weighted by atomic mass is 35.5. The molecule has 66 valence electrons. The van der Waals surface area contributed by atoms with Gasteiger partial charge in [0.05, 0.1) is 0 Å². The molecule has 1 saturated heterocycles. The van der Waals surface area contributed by atoms with Gasteiger partial charge >= 0.3 is 5.97 Å². The largest absolute Gasteiger partial charge is 0.480 e. The third kappa shape index (κ3) is 2.34. The van der Waals surface area contributed by atoms with Gasteiger partial charge in [-0.15, -0.1) is 12.4 Å². The SMILES string of the molecule is CCN1CCCC1C(=O)O.Cl. The summed E-state index contributed by atoms with van der Waals surface area (Å²) < 4.78 is 0. The van der Waals surface area contributed by atoms with E-state index in [0.717, 1.165) is 25.9 Å². The Kier molecular flexibility index (Phi) is 4.45. The highest BCUT2D eigenvalue weighted by Crippen LogP contribution is 2.15. The zero-order chi connectivity index (χ0) is 7.56. The van der Waals surface area contributed by atoms with Crippen LogP contribution in [0.3, 0.4) is 0 Å². The second-order valence-electron chi connectivity index (χ2n) is 2.62. The summed E-state index contributed by atoms with van der Waals surface area (Å²) in [5.41, 5.74) is 0. The lowest BCUT2D eigenvalue weighted by molar-refractivity contribution is -0.142. The van der Waals surface area contributed by atoms with E-state index in [1.807, 2.05) is 11.8 Å². The van der Waals surface area contributed by atoms with Crippen LogP contribution in [-0.2, 0) is 4.79 Å². The monoisotopic (exact) mass is 179 g/mol. The maximum Gasteiger partial charge on any atom is 0.320 e. The molecule has 0 aromatic carbocycles. The third-order valence-corrected chi connectivity index (χ3v) is 2.05. The van der Waals surface area contributed by atoms with Crippen LogP contribution in [0.4, 0.5) is 0 Å². The van der Waals surface area contributed by atoms with Crippen LogP contribution in [0.5, 0.6) is 0 Å². The average molecular weight is 180 g/mol.